The Hall–Kier alpha value is -0.570. The van der Waals surface area contributed by atoms with Crippen LogP contribution in [-0.4, -0.2) is 25.5 Å². The summed E-state index contributed by atoms with van der Waals surface area (Å²) in [5.41, 5.74) is 0. The van der Waals surface area contributed by atoms with Crippen molar-refractivity contribution in [2.45, 2.75) is 51.5 Å². The molecule has 2 unspecified atom stereocenters. The molecule has 0 aromatic rings. The van der Waals surface area contributed by atoms with Gasteiger partial charge in [-0.3, -0.25) is 4.79 Å². The first-order valence-electron chi connectivity index (χ1n) is 6.22. The third-order valence-corrected chi connectivity index (χ3v) is 3.38. The fourth-order valence-electron chi connectivity index (χ4n) is 2.40. The average molecular weight is 212 g/mol. The van der Waals surface area contributed by atoms with Crippen LogP contribution in [0.2, 0.25) is 0 Å². The van der Waals surface area contributed by atoms with Crippen molar-refractivity contribution >= 4 is 5.91 Å². The van der Waals surface area contributed by atoms with E-state index in [0.29, 0.717) is 18.4 Å². The monoisotopic (exact) mass is 212 g/mol. The van der Waals surface area contributed by atoms with Crippen molar-refractivity contribution in [3.63, 3.8) is 0 Å². The minimum atomic E-state index is 0.203. The zero-order valence-corrected chi connectivity index (χ0v) is 10.0. The summed E-state index contributed by atoms with van der Waals surface area (Å²) < 4.78 is 0. The highest BCUT2D eigenvalue weighted by Gasteiger charge is 2.24. The molecular formula is C12H24N2O. The lowest BCUT2D eigenvalue weighted by molar-refractivity contribution is -0.122. The Morgan fingerprint density at radius 1 is 1.33 bits per heavy atom. The van der Waals surface area contributed by atoms with Gasteiger partial charge in [0.2, 0.25) is 5.91 Å². The minimum Gasteiger partial charge on any atom is -0.353 e. The van der Waals surface area contributed by atoms with Crippen LogP contribution in [0, 0.1) is 5.92 Å². The van der Waals surface area contributed by atoms with E-state index in [2.05, 4.69) is 17.6 Å². The van der Waals surface area contributed by atoms with Gasteiger partial charge in [-0.15, -0.1) is 0 Å². The molecule has 0 saturated heterocycles. The summed E-state index contributed by atoms with van der Waals surface area (Å²) in [4.78, 5) is 11.6. The van der Waals surface area contributed by atoms with E-state index in [1.807, 2.05) is 7.05 Å². The lowest BCUT2D eigenvalue weighted by Crippen LogP contribution is -2.42. The van der Waals surface area contributed by atoms with E-state index in [1.165, 1.54) is 32.1 Å². The normalized spacial score (nSPS) is 26.3. The van der Waals surface area contributed by atoms with Gasteiger partial charge in [-0.25, -0.2) is 0 Å². The molecule has 1 rings (SSSR count). The van der Waals surface area contributed by atoms with Gasteiger partial charge in [0.05, 0.1) is 0 Å². The van der Waals surface area contributed by atoms with Crippen LogP contribution >= 0.6 is 0 Å². The third kappa shape index (κ3) is 4.20. The molecule has 88 valence electrons. The van der Waals surface area contributed by atoms with Crippen molar-refractivity contribution in [2.24, 2.45) is 5.92 Å². The molecule has 0 bridgehead atoms. The molecule has 0 radical (unpaired) electrons. The highest BCUT2D eigenvalue weighted by molar-refractivity contribution is 5.76. The van der Waals surface area contributed by atoms with Crippen molar-refractivity contribution in [1.29, 1.82) is 0 Å². The molecule has 3 heteroatoms. The Morgan fingerprint density at radius 2 is 2.07 bits per heavy atom. The summed E-state index contributed by atoms with van der Waals surface area (Å²) in [6.07, 6.45) is 6.85. The molecule has 2 N–H and O–H groups in total. The van der Waals surface area contributed by atoms with Gasteiger partial charge < -0.3 is 10.6 Å². The van der Waals surface area contributed by atoms with Crippen molar-refractivity contribution in [2.75, 3.05) is 13.6 Å². The third-order valence-electron chi connectivity index (χ3n) is 3.38. The predicted octanol–water partition coefficient (Wildman–Crippen LogP) is 1.68. The summed E-state index contributed by atoms with van der Waals surface area (Å²) >= 11 is 0. The van der Waals surface area contributed by atoms with E-state index in [4.69, 9.17) is 0 Å². The average Bonchev–Trinajstić information content (AvgIpc) is 2.27. The molecule has 1 aliphatic carbocycles. The maximum Gasteiger partial charge on any atom is 0.221 e. The largest absolute Gasteiger partial charge is 0.353 e. The fourth-order valence-corrected chi connectivity index (χ4v) is 2.40. The highest BCUT2D eigenvalue weighted by atomic mass is 16.1. The second-order valence-corrected chi connectivity index (χ2v) is 4.48. The predicted molar refractivity (Wildman–Crippen MR) is 62.7 cm³/mol. The van der Waals surface area contributed by atoms with E-state index >= 15 is 0 Å². The van der Waals surface area contributed by atoms with E-state index in [1.54, 1.807) is 0 Å². The Bertz CT molecular complexity index is 194. The molecule has 0 heterocycles. The molecule has 1 saturated carbocycles. The number of rotatable bonds is 5. The van der Waals surface area contributed by atoms with Gasteiger partial charge in [0, 0.05) is 19.0 Å². The Morgan fingerprint density at radius 3 is 2.73 bits per heavy atom. The maximum atomic E-state index is 11.6. The standard InChI is InChI=1S/C12H24N2O/c1-3-10-6-4-5-7-11(10)14-12(15)8-9-13-2/h10-11,13H,3-9H2,1-2H3,(H,14,15). The molecule has 0 spiro atoms. The van der Waals surface area contributed by atoms with Crippen LogP contribution < -0.4 is 10.6 Å². The summed E-state index contributed by atoms with van der Waals surface area (Å²) in [6.45, 7) is 3.00. The zero-order chi connectivity index (χ0) is 11.1. The summed E-state index contributed by atoms with van der Waals surface area (Å²) in [5.74, 6) is 0.909. The number of nitrogens with one attached hydrogen (secondary N) is 2. The molecule has 1 fully saturated rings. The summed E-state index contributed by atoms with van der Waals surface area (Å²) in [7, 11) is 1.88. The number of hydrogen-bond donors (Lipinski definition) is 2. The van der Waals surface area contributed by atoms with Crippen LogP contribution in [0.3, 0.4) is 0 Å². The van der Waals surface area contributed by atoms with E-state index in [9.17, 15) is 4.79 Å². The summed E-state index contributed by atoms with van der Waals surface area (Å²) in [6, 6.07) is 0.438. The first kappa shape index (κ1) is 12.5. The Balaban J connectivity index is 2.30. The number of carbonyl (C=O) groups is 1. The van der Waals surface area contributed by atoms with Gasteiger partial charge in [0.25, 0.3) is 0 Å². The molecule has 2 atom stereocenters. The van der Waals surface area contributed by atoms with Crippen molar-refractivity contribution in [3.05, 3.63) is 0 Å². The van der Waals surface area contributed by atoms with Gasteiger partial charge in [-0.1, -0.05) is 26.2 Å². The van der Waals surface area contributed by atoms with Gasteiger partial charge in [0.1, 0.15) is 0 Å². The molecule has 0 aromatic carbocycles. The quantitative estimate of drug-likeness (QED) is 0.728. The van der Waals surface area contributed by atoms with Crippen molar-refractivity contribution in [1.82, 2.24) is 10.6 Å². The first-order chi connectivity index (χ1) is 7.27. The molecular weight excluding hydrogens is 188 g/mol. The Labute approximate surface area is 93.0 Å². The first-order valence-corrected chi connectivity index (χ1v) is 6.22. The van der Waals surface area contributed by atoms with Crippen molar-refractivity contribution < 1.29 is 4.79 Å². The molecule has 1 aliphatic rings. The Kier molecular flexibility index (Phi) is 5.69. The maximum absolute atomic E-state index is 11.6. The van der Waals surface area contributed by atoms with Crippen LogP contribution in [0.1, 0.15) is 45.4 Å². The molecule has 15 heavy (non-hydrogen) atoms. The van der Waals surface area contributed by atoms with Crippen LogP contribution in [-0.2, 0) is 4.79 Å². The number of amides is 1. The van der Waals surface area contributed by atoms with E-state index in [0.717, 1.165) is 6.54 Å². The van der Waals surface area contributed by atoms with E-state index in [-0.39, 0.29) is 5.91 Å². The van der Waals surface area contributed by atoms with Crippen LogP contribution in [0.4, 0.5) is 0 Å². The van der Waals surface area contributed by atoms with Gasteiger partial charge in [-0.05, 0) is 25.8 Å². The minimum absolute atomic E-state index is 0.203. The molecule has 1 amide bonds. The lowest BCUT2D eigenvalue weighted by Gasteiger charge is -2.31. The highest BCUT2D eigenvalue weighted by Crippen LogP contribution is 2.26. The van der Waals surface area contributed by atoms with Gasteiger partial charge >= 0.3 is 0 Å². The van der Waals surface area contributed by atoms with Gasteiger partial charge in [-0.2, -0.15) is 0 Å². The summed E-state index contributed by atoms with van der Waals surface area (Å²) in [5, 5.41) is 6.18. The number of hydrogen-bond acceptors (Lipinski definition) is 2. The second-order valence-electron chi connectivity index (χ2n) is 4.48. The number of carbonyl (C=O) groups excluding carboxylic acids is 1. The van der Waals surface area contributed by atoms with Gasteiger partial charge in [0.15, 0.2) is 0 Å². The molecule has 3 nitrogen and oxygen atoms in total. The molecule has 0 aromatic heterocycles. The lowest BCUT2D eigenvalue weighted by atomic mass is 9.83. The van der Waals surface area contributed by atoms with Crippen LogP contribution in [0.25, 0.3) is 0 Å². The zero-order valence-electron chi connectivity index (χ0n) is 10.0. The van der Waals surface area contributed by atoms with E-state index < -0.39 is 0 Å². The smallest absolute Gasteiger partial charge is 0.221 e. The fraction of sp³-hybridized carbons (Fsp3) is 0.917. The second kappa shape index (κ2) is 6.83. The molecule has 0 aliphatic heterocycles. The SMILES string of the molecule is CCC1CCCCC1NC(=O)CCNC. The van der Waals surface area contributed by atoms with Crippen molar-refractivity contribution in [3.8, 4) is 0 Å². The topological polar surface area (TPSA) is 41.1 Å². The van der Waals surface area contributed by atoms with Crippen LogP contribution in [0.15, 0.2) is 0 Å². The van der Waals surface area contributed by atoms with Crippen LogP contribution in [0.5, 0.6) is 0 Å².